The fourth-order valence-corrected chi connectivity index (χ4v) is 4.03. The summed E-state index contributed by atoms with van der Waals surface area (Å²) in [4.78, 5) is 30.3. The van der Waals surface area contributed by atoms with Gasteiger partial charge in [-0.2, -0.15) is 0 Å². The normalized spacial score (nSPS) is 13.8. The molecule has 2 amide bonds. The third-order valence-electron chi connectivity index (χ3n) is 6.10. The van der Waals surface area contributed by atoms with Crippen LogP contribution in [0.3, 0.4) is 0 Å². The van der Waals surface area contributed by atoms with Crippen LogP contribution in [0, 0.1) is 0 Å². The molecule has 1 saturated heterocycles. The van der Waals surface area contributed by atoms with Gasteiger partial charge in [-0.15, -0.1) is 12.4 Å². The van der Waals surface area contributed by atoms with Gasteiger partial charge in [-0.25, -0.2) is 0 Å². The average Bonchev–Trinajstić information content (AvgIpc) is 3.10. The highest BCUT2D eigenvalue weighted by atomic mass is 35.5. The van der Waals surface area contributed by atoms with E-state index >= 15 is 0 Å². The number of phenols is 1. The van der Waals surface area contributed by atoms with E-state index in [2.05, 4.69) is 27.5 Å². The van der Waals surface area contributed by atoms with E-state index < -0.39 is 5.91 Å². The minimum absolute atomic E-state index is 0. The maximum atomic E-state index is 12.9. The number of ether oxygens (including phenoxy) is 1. The second kappa shape index (κ2) is 12.3. The average molecular weight is 511 g/mol. The first-order valence-electron chi connectivity index (χ1n) is 11.6. The predicted molar refractivity (Wildman–Crippen MR) is 145 cm³/mol. The van der Waals surface area contributed by atoms with E-state index in [9.17, 15) is 14.7 Å². The molecule has 3 N–H and O–H groups in total. The molecule has 3 aromatic rings. The van der Waals surface area contributed by atoms with E-state index in [0.29, 0.717) is 22.6 Å². The number of aromatic hydroxyl groups is 1. The van der Waals surface area contributed by atoms with Crippen molar-refractivity contribution in [3.8, 4) is 11.5 Å². The van der Waals surface area contributed by atoms with Gasteiger partial charge < -0.3 is 30.3 Å². The van der Waals surface area contributed by atoms with E-state index in [0.717, 1.165) is 38.3 Å². The van der Waals surface area contributed by atoms with Gasteiger partial charge in [0.2, 0.25) is 0 Å². The van der Waals surface area contributed by atoms with Crippen molar-refractivity contribution in [2.24, 2.45) is 0 Å². The van der Waals surface area contributed by atoms with Crippen molar-refractivity contribution < 1.29 is 19.4 Å². The number of hydrogen-bond acceptors (Lipinski definition) is 6. The third-order valence-corrected chi connectivity index (χ3v) is 6.10. The number of carbonyl (C=O) groups is 2. The van der Waals surface area contributed by atoms with E-state index in [4.69, 9.17) is 4.74 Å². The van der Waals surface area contributed by atoms with Gasteiger partial charge in [0.1, 0.15) is 17.2 Å². The van der Waals surface area contributed by atoms with Crippen molar-refractivity contribution in [3.63, 3.8) is 0 Å². The third kappa shape index (κ3) is 6.47. The number of hydrogen-bond donors (Lipinski definition) is 3. The fourth-order valence-electron chi connectivity index (χ4n) is 4.03. The van der Waals surface area contributed by atoms with Crippen LogP contribution in [-0.4, -0.2) is 62.2 Å². The van der Waals surface area contributed by atoms with Gasteiger partial charge in [-0.1, -0.05) is 6.07 Å². The lowest BCUT2D eigenvalue weighted by Crippen LogP contribution is -2.28. The Balaban J connectivity index is 0.00000361. The van der Waals surface area contributed by atoms with Crippen molar-refractivity contribution in [3.05, 3.63) is 77.9 Å². The number of nitrogens with zero attached hydrogens (tertiary/aromatic N) is 2. The number of benzene rings is 3. The fraction of sp³-hybridized carbons (Fsp3) is 0.259. The van der Waals surface area contributed by atoms with Crippen molar-refractivity contribution in [2.75, 3.05) is 55.9 Å². The molecule has 36 heavy (non-hydrogen) atoms. The van der Waals surface area contributed by atoms with Crippen LogP contribution in [0.2, 0.25) is 0 Å². The smallest absolute Gasteiger partial charge is 0.255 e. The Hall–Kier alpha value is -3.75. The zero-order valence-electron chi connectivity index (χ0n) is 20.4. The Morgan fingerprint density at radius 2 is 1.47 bits per heavy atom. The highest BCUT2D eigenvalue weighted by Gasteiger charge is 2.17. The Labute approximate surface area is 217 Å². The summed E-state index contributed by atoms with van der Waals surface area (Å²) in [6, 6.07) is 18.8. The molecule has 190 valence electrons. The molecule has 0 unspecified atom stereocenters. The Kier molecular flexibility index (Phi) is 9.16. The van der Waals surface area contributed by atoms with Crippen molar-refractivity contribution in [1.29, 1.82) is 0 Å². The molecule has 0 atom stereocenters. The van der Waals surface area contributed by atoms with E-state index in [1.165, 1.54) is 6.07 Å². The number of methoxy groups -OCH3 is 1. The number of likely N-dealkylation sites (N-methyl/N-ethyl adjacent to an activating group) is 1. The lowest BCUT2D eigenvalue weighted by molar-refractivity contribution is 0.101. The summed E-state index contributed by atoms with van der Waals surface area (Å²) in [6.45, 7) is 4.02. The van der Waals surface area contributed by atoms with Crippen LogP contribution < -0.4 is 20.3 Å². The lowest BCUT2D eigenvalue weighted by Gasteiger charge is -2.23. The molecule has 0 aromatic heterocycles. The highest BCUT2D eigenvalue weighted by molar-refractivity contribution is 6.11. The predicted octanol–water partition coefficient (Wildman–Crippen LogP) is 4.47. The van der Waals surface area contributed by atoms with Crippen LogP contribution in [0.25, 0.3) is 0 Å². The first-order chi connectivity index (χ1) is 16.9. The quantitative estimate of drug-likeness (QED) is 0.424. The molecule has 9 heteroatoms. The molecular formula is C27H31ClN4O4. The second-order valence-electron chi connectivity index (χ2n) is 8.53. The highest BCUT2D eigenvalue weighted by Crippen LogP contribution is 2.32. The summed E-state index contributed by atoms with van der Waals surface area (Å²) in [7, 11) is 3.68. The number of nitrogens with one attached hydrogen (secondary N) is 2. The molecule has 1 fully saturated rings. The second-order valence-corrected chi connectivity index (χ2v) is 8.53. The van der Waals surface area contributed by atoms with Crippen LogP contribution in [0.1, 0.15) is 27.1 Å². The number of phenolic OH excluding ortho intramolecular Hbond substituents is 1. The number of halogens is 1. The monoisotopic (exact) mass is 510 g/mol. The van der Waals surface area contributed by atoms with Crippen molar-refractivity contribution in [2.45, 2.75) is 6.42 Å². The first-order valence-corrected chi connectivity index (χ1v) is 11.6. The van der Waals surface area contributed by atoms with Crippen LogP contribution in [0.5, 0.6) is 11.5 Å². The van der Waals surface area contributed by atoms with Crippen LogP contribution in [0.15, 0.2) is 66.7 Å². The molecule has 4 rings (SSSR count). The Morgan fingerprint density at radius 1 is 0.833 bits per heavy atom. The largest absolute Gasteiger partial charge is 0.506 e. The van der Waals surface area contributed by atoms with E-state index in [1.54, 1.807) is 55.6 Å². The topological polar surface area (TPSA) is 94.1 Å². The van der Waals surface area contributed by atoms with Gasteiger partial charge in [0.25, 0.3) is 11.8 Å². The molecular weight excluding hydrogens is 480 g/mol. The standard InChI is InChI=1S/C27H30N4O4.ClH/c1-30-15-4-16-31(18-17-30)21-11-7-19(8-12-21)26(33)28-23-5-3-6-24(32)25(23)29-27(34)20-9-13-22(35-2)14-10-20;/h3,5-14,32H,4,15-18H2,1-2H3,(H,28,33)(H,29,34);1H. The van der Waals surface area contributed by atoms with E-state index in [-0.39, 0.29) is 29.8 Å². The maximum absolute atomic E-state index is 12.9. The van der Waals surface area contributed by atoms with Gasteiger partial charge >= 0.3 is 0 Å². The Bertz CT molecular complexity index is 1190. The molecule has 0 saturated carbocycles. The minimum Gasteiger partial charge on any atom is -0.506 e. The van der Waals surface area contributed by atoms with Crippen molar-refractivity contribution in [1.82, 2.24) is 4.90 Å². The summed E-state index contributed by atoms with van der Waals surface area (Å²) in [6.07, 6.45) is 1.10. The van der Waals surface area contributed by atoms with Gasteiger partial charge in [-0.05, 0) is 80.7 Å². The molecule has 0 spiro atoms. The van der Waals surface area contributed by atoms with Crippen LogP contribution in [0.4, 0.5) is 17.1 Å². The molecule has 0 radical (unpaired) electrons. The van der Waals surface area contributed by atoms with E-state index in [1.807, 2.05) is 12.1 Å². The lowest BCUT2D eigenvalue weighted by atomic mass is 10.1. The number of anilines is 3. The SMILES string of the molecule is COc1ccc(C(=O)Nc2c(O)cccc2NC(=O)c2ccc(N3CCCN(C)CC3)cc2)cc1.Cl. The molecule has 3 aromatic carbocycles. The number of rotatable bonds is 6. The maximum Gasteiger partial charge on any atom is 0.255 e. The summed E-state index contributed by atoms with van der Waals surface area (Å²) in [5.74, 6) is -0.271. The van der Waals surface area contributed by atoms with Gasteiger partial charge in [0.15, 0.2) is 0 Å². The van der Waals surface area contributed by atoms with Crippen molar-refractivity contribution >= 4 is 41.3 Å². The number of para-hydroxylation sites is 1. The molecule has 1 heterocycles. The molecule has 1 aliphatic rings. The summed E-state index contributed by atoms with van der Waals surface area (Å²) in [5.41, 5.74) is 2.39. The van der Waals surface area contributed by atoms with Gasteiger partial charge in [0, 0.05) is 36.4 Å². The zero-order chi connectivity index (χ0) is 24.8. The number of amides is 2. The molecule has 0 aliphatic carbocycles. The summed E-state index contributed by atoms with van der Waals surface area (Å²) in [5, 5.41) is 15.9. The Morgan fingerprint density at radius 3 is 2.14 bits per heavy atom. The molecule has 0 bridgehead atoms. The summed E-state index contributed by atoms with van der Waals surface area (Å²) >= 11 is 0. The molecule has 1 aliphatic heterocycles. The van der Waals surface area contributed by atoms with Crippen LogP contribution >= 0.6 is 12.4 Å². The number of carbonyl (C=O) groups excluding carboxylic acids is 2. The molecule has 8 nitrogen and oxygen atoms in total. The van der Waals surface area contributed by atoms with Crippen LogP contribution in [-0.2, 0) is 0 Å². The first kappa shape index (κ1) is 26.8. The van der Waals surface area contributed by atoms with Gasteiger partial charge in [0.05, 0.1) is 12.8 Å². The minimum atomic E-state index is -0.419. The van der Waals surface area contributed by atoms with Gasteiger partial charge in [-0.3, -0.25) is 9.59 Å². The zero-order valence-corrected chi connectivity index (χ0v) is 21.2. The summed E-state index contributed by atoms with van der Waals surface area (Å²) < 4.78 is 5.12.